The number of benzene rings is 2. The van der Waals surface area contributed by atoms with E-state index < -0.39 is 0 Å². The zero-order chi connectivity index (χ0) is 19.2. The van der Waals surface area contributed by atoms with E-state index in [1.807, 2.05) is 36.2 Å². The molecule has 27 heavy (non-hydrogen) atoms. The lowest BCUT2D eigenvalue weighted by Gasteiger charge is -2.42. The quantitative estimate of drug-likeness (QED) is 0.645. The molecule has 144 valence electrons. The average Bonchev–Trinajstić information content (AvgIpc) is 2.72. The molecule has 0 bridgehead atoms. The molecule has 1 fully saturated rings. The number of carbonyl (C=O) groups excluding carboxylic acids is 1. The van der Waals surface area contributed by atoms with Crippen LogP contribution in [0.2, 0.25) is 0 Å². The predicted molar refractivity (Wildman–Crippen MR) is 115 cm³/mol. The van der Waals surface area contributed by atoms with Crippen LogP contribution in [0.4, 0.5) is 0 Å². The van der Waals surface area contributed by atoms with Gasteiger partial charge in [-0.1, -0.05) is 59.1 Å². The summed E-state index contributed by atoms with van der Waals surface area (Å²) in [6.45, 7) is 1.02. The van der Waals surface area contributed by atoms with E-state index in [9.17, 15) is 4.79 Å². The number of rotatable bonds is 6. The fraction of sp³-hybridized carbons (Fsp3) is 0.435. The normalized spacial score (nSPS) is 19.9. The standard InChI is InChI=1S/C23H29BrN2O/c1-25(17-16-18-8-4-3-5-9-18)21-10-6-7-11-22(21)26(2)23(27)19-12-14-20(24)15-13-19/h3-5,8-9,12-15,21-22H,6-7,10-11,16-17H2,1-2H3. The highest BCUT2D eigenvalue weighted by Crippen LogP contribution is 2.27. The molecule has 1 saturated carbocycles. The Morgan fingerprint density at radius 2 is 1.59 bits per heavy atom. The van der Waals surface area contributed by atoms with Gasteiger partial charge < -0.3 is 9.80 Å². The van der Waals surface area contributed by atoms with Crippen LogP contribution in [0.1, 0.15) is 41.6 Å². The van der Waals surface area contributed by atoms with Gasteiger partial charge in [-0.05, 0) is 56.1 Å². The van der Waals surface area contributed by atoms with Crippen molar-refractivity contribution in [1.29, 1.82) is 0 Å². The number of amides is 1. The first-order valence-corrected chi connectivity index (χ1v) is 10.6. The number of carbonyl (C=O) groups is 1. The van der Waals surface area contributed by atoms with E-state index in [1.54, 1.807) is 0 Å². The van der Waals surface area contributed by atoms with Gasteiger partial charge >= 0.3 is 0 Å². The van der Waals surface area contributed by atoms with Gasteiger partial charge in [-0.25, -0.2) is 0 Å². The Morgan fingerprint density at radius 3 is 2.26 bits per heavy atom. The number of likely N-dealkylation sites (N-methyl/N-ethyl adjacent to an activating group) is 2. The first kappa shape index (κ1) is 20.1. The second-order valence-electron chi connectivity index (χ2n) is 7.56. The SMILES string of the molecule is CN(CCc1ccccc1)C1CCCCC1N(C)C(=O)c1ccc(Br)cc1. The summed E-state index contributed by atoms with van der Waals surface area (Å²) in [7, 11) is 4.18. The molecule has 0 aromatic heterocycles. The minimum atomic E-state index is 0.121. The topological polar surface area (TPSA) is 23.6 Å². The lowest BCUT2D eigenvalue weighted by atomic mass is 9.88. The molecule has 0 radical (unpaired) electrons. The summed E-state index contributed by atoms with van der Waals surface area (Å²) in [4.78, 5) is 17.4. The smallest absolute Gasteiger partial charge is 0.253 e. The van der Waals surface area contributed by atoms with E-state index in [4.69, 9.17) is 0 Å². The Morgan fingerprint density at radius 1 is 0.963 bits per heavy atom. The van der Waals surface area contributed by atoms with Crippen LogP contribution in [0.15, 0.2) is 59.1 Å². The van der Waals surface area contributed by atoms with Crippen LogP contribution in [0, 0.1) is 0 Å². The molecule has 0 aliphatic heterocycles. The molecule has 2 aromatic rings. The third-order valence-corrected chi connectivity index (χ3v) is 6.29. The molecule has 0 heterocycles. The molecule has 2 aromatic carbocycles. The van der Waals surface area contributed by atoms with Crippen molar-refractivity contribution in [3.63, 3.8) is 0 Å². The maximum absolute atomic E-state index is 13.0. The van der Waals surface area contributed by atoms with Crippen molar-refractivity contribution in [1.82, 2.24) is 9.80 Å². The molecule has 0 N–H and O–H groups in total. The maximum atomic E-state index is 13.0. The van der Waals surface area contributed by atoms with Crippen molar-refractivity contribution in [3.05, 3.63) is 70.2 Å². The van der Waals surface area contributed by atoms with E-state index in [0.29, 0.717) is 6.04 Å². The van der Waals surface area contributed by atoms with Crippen LogP contribution in [-0.2, 0) is 6.42 Å². The molecule has 3 rings (SSSR count). The van der Waals surface area contributed by atoms with Crippen molar-refractivity contribution in [2.45, 2.75) is 44.2 Å². The van der Waals surface area contributed by atoms with E-state index in [1.165, 1.54) is 18.4 Å². The van der Waals surface area contributed by atoms with Crippen LogP contribution in [0.5, 0.6) is 0 Å². The van der Waals surface area contributed by atoms with E-state index in [2.05, 4.69) is 58.2 Å². The average molecular weight is 429 g/mol. The molecule has 0 spiro atoms. The predicted octanol–water partition coefficient (Wildman–Crippen LogP) is 5.01. The molecular formula is C23H29BrN2O. The van der Waals surface area contributed by atoms with Gasteiger partial charge in [-0.3, -0.25) is 4.79 Å². The van der Waals surface area contributed by atoms with E-state index >= 15 is 0 Å². The molecule has 0 saturated heterocycles. The van der Waals surface area contributed by atoms with Gasteiger partial charge in [0, 0.05) is 35.7 Å². The van der Waals surface area contributed by atoms with Gasteiger partial charge in [0.05, 0.1) is 0 Å². The van der Waals surface area contributed by atoms with Crippen LogP contribution in [0.3, 0.4) is 0 Å². The number of hydrogen-bond acceptors (Lipinski definition) is 2. The lowest BCUT2D eigenvalue weighted by molar-refractivity contribution is 0.0503. The Balaban J connectivity index is 1.66. The van der Waals surface area contributed by atoms with Crippen molar-refractivity contribution in [3.8, 4) is 0 Å². The summed E-state index contributed by atoms with van der Waals surface area (Å²) in [5.41, 5.74) is 2.13. The van der Waals surface area contributed by atoms with Gasteiger partial charge in [0.25, 0.3) is 5.91 Å². The van der Waals surface area contributed by atoms with E-state index in [-0.39, 0.29) is 11.9 Å². The van der Waals surface area contributed by atoms with Crippen molar-refractivity contribution in [2.75, 3.05) is 20.6 Å². The fourth-order valence-electron chi connectivity index (χ4n) is 4.12. The summed E-state index contributed by atoms with van der Waals surface area (Å²) < 4.78 is 0.998. The van der Waals surface area contributed by atoms with E-state index in [0.717, 1.165) is 35.8 Å². The highest BCUT2D eigenvalue weighted by Gasteiger charge is 2.33. The Hall–Kier alpha value is -1.65. The summed E-state index contributed by atoms with van der Waals surface area (Å²) >= 11 is 3.44. The Labute approximate surface area is 171 Å². The highest BCUT2D eigenvalue weighted by molar-refractivity contribution is 9.10. The van der Waals surface area contributed by atoms with Crippen LogP contribution >= 0.6 is 15.9 Å². The molecular weight excluding hydrogens is 400 g/mol. The molecule has 2 unspecified atom stereocenters. The minimum absolute atomic E-state index is 0.121. The third-order valence-electron chi connectivity index (χ3n) is 5.77. The first-order chi connectivity index (χ1) is 13.1. The number of halogens is 1. The van der Waals surface area contributed by atoms with Crippen LogP contribution < -0.4 is 0 Å². The van der Waals surface area contributed by atoms with Crippen molar-refractivity contribution >= 4 is 21.8 Å². The highest BCUT2D eigenvalue weighted by atomic mass is 79.9. The van der Waals surface area contributed by atoms with Crippen LogP contribution in [0.25, 0.3) is 0 Å². The summed E-state index contributed by atoms with van der Waals surface area (Å²) in [5, 5.41) is 0. The molecule has 2 atom stereocenters. The second kappa shape index (κ2) is 9.52. The monoisotopic (exact) mass is 428 g/mol. The summed E-state index contributed by atoms with van der Waals surface area (Å²) in [6, 6.07) is 19.0. The van der Waals surface area contributed by atoms with Gasteiger partial charge in [-0.15, -0.1) is 0 Å². The van der Waals surface area contributed by atoms with Crippen molar-refractivity contribution < 1.29 is 4.79 Å². The van der Waals surface area contributed by atoms with Crippen molar-refractivity contribution in [2.24, 2.45) is 0 Å². The third kappa shape index (κ3) is 5.20. The zero-order valence-electron chi connectivity index (χ0n) is 16.3. The Bertz CT molecular complexity index is 732. The summed E-state index contributed by atoms with van der Waals surface area (Å²) in [6.07, 6.45) is 5.74. The maximum Gasteiger partial charge on any atom is 0.253 e. The van der Waals surface area contributed by atoms with Gasteiger partial charge in [-0.2, -0.15) is 0 Å². The molecule has 1 aliphatic rings. The summed E-state index contributed by atoms with van der Waals surface area (Å²) in [5.74, 6) is 0.121. The largest absolute Gasteiger partial charge is 0.337 e. The number of nitrogens with zero attached hydrogens (tertiary/aromatic N) is 2. The molecule has 1 aliphatic carbocycles. The first-order valence-electron chi connectivity index (χ1n) is 9.83. The minimum Gasteiger partial charge on any atom is -0.337 e. The van der Waals surface area contributed by atoms with Crippen LogP contribution in [-0.4, -0.2) is 48.4 Å². The molecule has 4 heteroatoms. The zero-order valence-corrected chi connectivity index (χ0v) is 17.9. The van der Waals surface area contributed by atoms with Gasteiger partial charge in [0.15, 0.2) is 0 Å². The lowest BCUT2D eigenvalue weighted by Crippen LogP contribution is -2.53. The van der Waals surface area contributed by atoms with Gasteiger partial charge in [0.2, 0.25) is 0 Å². The number of hydrogen-bond donors (Lipinski definition) is 0. The fourth-order valence-corrected chi connectivity index (χ4v) is 4.38. The molecule has 1 amide bonds. The second-order valence-corrected chi connectivity index (χ2v) is 8.47. The van der Waals surface area contributed by atoms with Gasteiger partial charge in [0.1, 0.15) is 0 Å². The molecule has 3 nitrogen and oxygen atoms in total. The Kier molecular flexibility index (Phi) is 7.08.